The molecule has 8 rings (SSSR count). The molecule has 0 aliphatic carbocycles. The van der Waals surface area contributed by atoms with E-state index in [1.165, 1.54) is 0 Å². The first-order valence-corrected chi connectivity index (χ1v) is 11.0. The average molecular weight is 432 g/mol. The number of furan rings is 3. The predicted octanol–water partition coefficient (Wildman–Crippen LogP) is 7.45. The fourth-order valence-corrected chi connectivity index (χ4v) is 5.61. The quantitative estimate of drug-likeness (QED) is 0.234. The third-order valence-corrected chi connectivity index (χ3v) is 7.11. The summed E-state index contributed by atoms with van der Waals surface area (Å²) >= 11 is 0. The normalized spacial score (nSPS) is 12.9. The van der Waals surface area contributed by atoms with Gasteiger partial charge in [0.2, 0.25) is 5.69 Å². The van der Waals surface area contributed by atoms with E-state index in [9.17, 15) is 0 Å². The molecule has 5 heteroatoms. The van der Waals surface area contributed by atoms with Gasteiger partial charge in [-0.15, -0.1) is 0 Å². The minimum Gasteiger partial charge on any atom is -0.460 e. The van der Waals surface area contributed by atoms with E-state index in [1.807, 2.05) is 18.2 Å². The van der Waals surface area contributed by atoms with E-state index in [-0.39, 0.29) is 0 Å². The van der Waals surface area contributed by atoms with E-state index in [2.05, 4.69) is 55.9 Å². The lowest BCUT2D eigenvalue weighted by atomic mass is 9.90. The van der Waals surface area contributed by atoms with E-state index >= 15 is 0 Å². The van der Waals surface area contributed by atoms with Gasteiger partial charge in [0.05, 0.1) is 17.2 Å². The summed E-state index contributed by atoms with van der Waals surface area (Å²) in [7, 11) is 2.08. The Morgan fingerprint density at radius 1 is 0.758 bits per heavy atom. The van der Waals surface area contributed by atoms with Gasteiger partial charge in [-0.1, -0.05) is 18.2 Å². The van der Waals surface area contributed by atoms with E-state index in [0.29, 0.717) is 5.58 Å². The molecule has 0 spiro atoms. The molecule has 7 aromatic rings. The van der Waals surface area contributed by atoms with Gasteiger partial charge in [0.15, 0.2) is 28.7 Å². The Labute approximate surface area is 187 Å². The highest BCUT2D eigenvalue weighted by Gasteiger charge is 2.35. The topological polar surface area (TPSA) is 52.5 Å². The van der Waals surface area contributed by atoms with Crippen LogP contribution in [-0.2, 0) is 7.05 Å². The Kier molecular flexibility index (Phi) is 2.92. The van der Waals surface area contributed by atoms with Crippen LogP contribution in [0.15, 0.2) is 68.2 Å². The predicted molar refractivity (Wildman–Crippen MR) is 127 cm³/mol. The van der Waals surface area contributed by atoms with Crippen LogP contribution in [0.4, 0.5) is 0 Å². The molecule has 1 aliphatic rings. The Morgan fingerprint density at radius 3 is 2.52 bits per heavy atom. The molecular weight excluding hydrogens is 414 g/mol. The Balaban J connectivity index is 1.62. The highest BCUT2D eigenvalue weighted by molar-refractivity contribution is 6.18. The molecule has 1 aliphatic heterocycles. The van der Waals surface area contributed by atoms with Crippen LogP contribution in [-0.4, -0.2) is 0 Å². The van der Waals surface area contributed by atoms with Crippen LogP contribution in [0, 0.1) is 13.8 Å². The number of aryl methyl sites for hydroxylation is 3. The van der Waals surface area contributed by atoms with E-state index in [0.717, 1.165) is 83.1 Å². The van der Waals surface area contributed by atoms with Crippen LogP contribution in [0.5, 0.6) is 11.5 Å². The zero-order valence-corrected chi connectivity index (χ0v) is 18.3. The molecule has 0 saturated heterocycles. The molecule has 0 amide bonds. The SMILES string of the molecule is Cc1c2c(c(C)c3c1oc1ccccc13)-c1c3c(c4oc5ccoc5c4cc3cc[n+]1C)O2. The number of hydrogen-bond acceptors (Lipinski definition) is 4. The van der Waals surface area contributed by atoms with Gasteiger partial charge >= 0.3 is 0 Å². The molecule has 0 saturated carbocycles. The standard InChI is InChI=1S/C28H18NO4/c1-13-20-16-6-4-5-7-18(16)31-24(20)14(2)25-21(13)23-22-15(8-10-29(23)3)12-17-26-19(9-11-30-26)32-27(17)28(22)33-25/h4-12H,1-3H3/q+1. The van der Waals surface area contributed by atoms with Crippen molar-refractivity contribution in [3.8, 4) is 22.8 Å². The number of nitrogens with zero attached hydrogens (tertiary/aromatic N) is 1. The first-order valence-electron chi connectivity index (χ1n) is 11.0. The lowest BCUT2D eigenvalue weighted by molar-refractivity contribution is -0.659. The monoisotopic (exact) mass is 432 g/mol. The second-order valence-electron chi connectivity index (χ2n) is 8.90. The van der Waals surface area contributed by atoms with E-state index in [1.54, 1.807) is 6.26 Å². The van der Waals surface area contributed by atoms with Gasteiger partial charge in [0.25, 0.3) is 0 Å². The van der Waals surface area contributed by atoms with Crippen molar-refractivity contribution < 1.29 is 22.6 Å². The Bertz CT molecular complexity index is 1980. The first kappa shape index (κ1) is 17.3. The summed E-state index contributed by atoms with van der Waals surface area (Å²) in [5.74, 6) is 1.54. The largest absolute Gasteiger partial charge is 0.460 e. The van der Waals surface area contributed by atoms with Crippen molar-refractivity contribution in [2.24, 2.45) is 7.05 Å². The number of benzene rings is 3. The summed E-state index contributed by atoms with van der Waals surface area (Å²) in [6, 6.07) is 14.3. The molecule has 0 unspecified atom stereocenters. The summed E-state index contributed by atoms with van der Waals surface area (Å²) in [6.07, 6.45) is 3.76. The summed E-state index contributed by atoms with van der Waals surface area (Å²) in [6.45, 7) is 4.23. The second kappa shape index (κ2) is 5.56. The van der Waals surface area contributed by atoms with Crippen molar-refractivity contribution in [1.82, 2.24) is 0 Å². The Morgan fingerprint density at radius 2 is 1.61 bits per heavy atom. The number of para-hydroxylation sites is 1. The zero-order valence-electron chi connectivity index (χ0n) is 18.3. The highest BCUT2D eigenvalue weighted by atomic mass is 16.5. The summed E-state index contributed by atoms with van der Waals surface area (Å²) in [5, 5.41) is 5.32. The lowest BCUT2D eigenvalue weighted by Crippen LogP contribution is -2.32. The fraction of sp³-hybridized carbons (Fsp3) is 0.107. The van der Waals surface area contributed by atoms with Gasteiger partial charge in [0, 0.05) is 28.5 Å². The number of hydrogen-bond donors (Lipinski definition) is 0. The van der Waals surface area contributed by atoms with Crippen LogP contribution in [0.25, 0.3) is 66.1 Å². The lowest BCUT2D eigenvalue weighted by Gasteiger charge is -2.22. The third-order valence-electron chi connectivity index (χ3n) is 7.11. The molecule has 0 bridgehead atoms. The molecule has 0 atom stereocenters. The minimum atomic E-state index is 0.705. The van der Waals surface area contributed by atoms with Crippen molar-refractivity contribution in [3.63, 3.8) is 0 Å². The molecule has 158 valence electrons. The van der Waals surface area contributed by atoms with Gasteiger partial charge in [-0.3, -0.25) is 0 Å². The number of fused-ring (bicyclic) bond motifs is 9. The third kappa shape index (κ3) is 1.93. The molecule has 3 aromatic carbocycles. The minimum absolute atomic E-state index is 0.705. The van der Waals surface area contributed by atoms with Crippen molar-refractivity contribution in [3.05, 3.63) is 66.1 Å². The maximum atomic E-state index is 6.72. The average Bonchev–Trinajstić information content (AvgIpc) is 3.52. The van der Waals surface area contributed by atoms with Gasteiger partial charge in [-0.2, -0.15) is 0 Å². The van der Waals surface area contributed by atoms with E-state index < -0.39 is 0 Å². The van der Waals surface area contributed by atoms with Crippen molar-refractivity contribution >= 4 is 54.8 Å². The van der Waals surface area contributed by atoms with Crippen LogP contribution in [0.2, 0.25) is 0 Å². The summed E-state index contributed by atoms with van der Waals surface area (Å²) in [5.41, 5.74) is 8.27. The molecule has 33 heavy (non-hydrogen) atoms. The maximum Gasteiger partial charge on any atom is 0.228 e. The first-order chi connectivity index (χ1) is 16.1. The van der Waals surface area contributed by atoms with Gasteiger partial charge < -0.3 is 18.0 Å². The number of rotatable bonds is 0. The van der Waals surface area contributed by atoms with Crippen molar-refractivity contribution in [2.75, 3.05) is 0 Å². The van der Waals surface area contributed by atoms with Crippen LogP contribution >= 0.6 is 0 Å². The fourth-order valence-electron chi connectivity index (χ4n) is 5.61. The number of aromatic nitrogens is 1. The van der Waals surface area contributed by atoms with Gasteiger partial charge in [0.1, 0.15) is 29.3 Å². The molecule has 4 aromatic heterocycles. The van der Waals surface area contributed by atoms with Crippen molar-refractivity contribution in [2.45, 2.75) is 13.8 Å². The van der Waals surface area contributed by atoms with Crippen LogP contribution in [0.1, 0.15) is 11.1 Å². The van der Waals surface area contributed by atoms with Crippen LogP contribution in [0.3, 0.4) is 0 Å². The number of pyridine rings is 1. The van der Waals surface area contributed by atoms with Crippen molar-refractivity contribution in [1.29, 1.82) is 0 Å². The molecule has 5 heterocycles. The zero-order chi connectivity index (χ0) is 22.0. The van der Waals surface area contributed by atoms with Crippen LogP contribution < -0.4 is 9.30 Å². The Hall–Kier alpha value is -4.25. The summed E-state index contributed by atoms with van der Waals surface area (Å²) in [4.78, 5) is 0. The number of ether oxygens (including phenoxy) is 1. The molecule has 0 N–H and O–H groups in total. The smallest absolute Gasteiger partial charge is 0.228 e. The second-order valence-corrected chi connectivity index (χ2v) is 8.90. The summed E-state index contributed by atoms with van der Waals surface area (Å²) < 4.78 is 27.2. The van der Waals surface area contributed by atoms with Gasteiger partial charge in [-0.25, -0.2) is 4.57 Å². The molecule has 5 nitrogen and oxygen atoms in total. The van der Waals surface area contributed by atoms with Gasteiger partial charge in [-0.05, 0) is 36.9 Å². The maximum absolute atomic E-state index is 6.72. The molecule has 0 fully saturated rings. The molecule has 0 radical (unpaired) electrons. The van der Waals surface area contributed by atoms with E-state index in [4.69, 9.17) is 18.0 Å². The highest BCUT2D eigenvalue weighted by Crippen LogP contribution is 2.54. The molecular formula is C28H18NO4+.